The van der Waals surface area contributed by atoms with Crippen LogP contribution in [0.15, 0.2) is 143 Å². The maximum Gasteiger partial charge on any atom is 0.272 e. The molecule has 1 aromatic heterocycles. The molecule has 0 fully saturated rings. The number of hydrogen-bond acceptors (Lipinski definition) is 7. The number of nitrogens with zero attached hydrogens (tertiary/aromatic N) is 1. The largest absolute Gasteiger partial charge is 0.497 e. The van der Waals surface area contributed by atoms with Crippen molar-refractivity contribution in [2.45, 2.75) is 10.1 Å². The number of benzene rings is 5. The van der Waals surface area contributed by atoms with Gasteiger partial charge in [-0.25, -0.2) is 4.98 Å². The number of aromatic nitrogens is 1. The van der Waals surface area contributed by atoms with Gasteiger partial charge in [0, 0.05) is 27.1 Å². The van der Waals surface area contributed by atoms with Gasteiger partial charge in [-0.2, -0.15) is 0 Å². The summed E-state index contributed by atoms with van der Waals surface area (Å²) in [5.74, 6) is -0.508. The highest BCUT2D eigenvalue weighted by atomic mass is 35.5. The predicted octanol–water partition coefficient (Wildman–Crippen LogP) is 10.0. The van der Waals surface area contributed by atoms with Gasteiger partial charge >= 0.3 is 0 Å². The third-order valence-electron chi connectivity index (χ3n) is 7.61. The lowest BCUT2D eigenvalue weighted by Gasteiger charge is -2.17. The SMILES string of the molecule is COc1ccc(/C=C(\NC(=O)c2ccccc2)C(=O)Nc2ccc(SC(C(=O)Nc3nc(-c4ccc(Cl)c(Cl)c4)cs3)c3ccccc3)cc2)cc1. The van der Waals surface area contributed by atoms with E-state index in [1.165, 1.54) is 23.1 Å². The van der Waals surface area contributed by atoms with Gasteiger partial charge in [-0.3, -0.25) is 14.4 Å². The van der Waals surface area contributed by atoms with Crippen LogP contribution in [-0.2, 0) is 9.59 Å². The summed E-state index contributed by atoms with van der Waals surface area (Å²) in [5.41, 5.74) is 3.93. The lowest BCUT2D eigenvalue weighted by molar-refractivity contribution is -0.116. The van der Waals surface area contributed by atoms with Gasteiger partial charge in [-0.1, -0.05) is 89.9 Å². The Hall–Kier alpha value is -5.39. The second-order valence-electron chi connectivity index (χ2n) is 11.2. The van der Waals surface area contributed by atoms with Crippen molar-refractivity contribution >= 4 is 80.9 Å². The van der Waals surface area contributed by atoms with Gasteiger partial charge in [-0.15, -0.1) is 23.1 Å². The molecule has 6 rings (SSSR count). The van der Waals surface area contributed by atoms with Crippen LogP contribution in [-0.4, -0.2) is 29.8 Å². The molecule has 0 aliphatic rings. The Balaban J connectivity index is 1.17. The van der Waals surface area contributed by atoms with Gasteiger partial charge in [0.1, 0.15) is 16.7 Å². The van der Waals surface area contributed by atoms with Crippen molar-refractivity contribution in [2.75, 3.05) is 17.7 Å². The summed E-state index contributed by atoms with van der Waals surface area (Å²) in [6.45, 7) is 0. The van der Waals surface area contributed by atoms with E-state index >= 15 is 0 Å². The van der Waals surface area contributed by atoms with E-state index in [-0.39, 0.29) is 11.6 Å². The highest BCUT2D eigenvalue weighted by molar-refractivity contribution is 8.00. The normalized spacial score (nSPS) is 11.7. The minimum absolute atomic E-state index is 0.0581. The Labute approximate surface area is 318 Å². The highest BCUT2D eigenvalue weighted by Crippen LogP contribution is 2.38. The topological polar surface area (TPSA) is 109 Å². The Morgan fingerprint density at radius 3 is 2.17 bits per heavy atom. The van der Waals surface area contributed by atoms with Gasteiger partial charge in [0.05, 0.1) is 22.8 Å². The summed E-state index contributed by atoms with van der Waals surface area (Å²) in [6, 6.07) is 37.6. The Morgan fingerprint density at radius 2 is 1.50 bits per heavy atom. The molecule has 8 nitrogen and oxygen atoms in total. The monoisotopic (exact) mass is 764 g/mol. The number of rotatable bonds is 12. The molecule has 0 aliphatic heterocycles. The van der Waals surface area contributed by atoms with Gasteiger partial charge in [0.25, 0.3) is 11.8 Å². The first-order valence-corrected chi connectivity index (χ1v) is 18.3. The number of methoxy groups -OCH3 is 1. The number of thioether (sulfide) groups is 1. The zero-order valence-corrected chi connectivity index (χ0v) is 30.7. The molecule has 3 amide bonds. The van der Waals surface area contributed by atoms with Crippen LogP contribution in [0.4, 0.5) is 10.8 Å². The van der Waals surface area contributed by atoms with Gasteiger partial charge in [0.2, 0.25) is 5.91 Å². The van der Waals surface area contributed by atoms with Crippen molar-refractivity contribution in [1.82, 2.24) is 10.3 Å². The van der Waals surface area contributed by atoms with Crippen molar-refractivity contribution < 1.29 is 19.1 Å². The third kappa shape index (κ3) is 9.48. The fourth-order valence-electron chi connectivity index (χ4n) is 4.95. The van der Waals surface area contributed by atoms with E-state index in [4.69, 9.17) is 27.9 Å². The number of halogens is 2. The molecular weight excluding hydrogens is 736 g/mol. The van der Waals surface area contributed by atoms with E-state index in [0.717, 1.165) is 16.0 Å². The Kier molecular flexibility index (Phi) is 12.1. The standard InChI is InChI=1S/C40H30Cl2N4O4S2/c1-50-30-17-12-25(13-18-30)22-34(44-37(47)27-10-6-3-7-11-27)38(48)43-29-15-19-31(20-16-29)52-36(26-8-4-2-5-9-26)39(49)46-40-45-35(24-51-40)28-14-21-32(41)33(42)23-28/h2-24,36H,1H3,(H,43,48)(H,44,47)(H,45,46,49)/b34-22-. The quantitative estimate of drug-likeness (QED) is 0.0846. The number of anilines is 2. The summed E-state index contributed by atoms with van der Waals surface area (Å²) in [7, 11) is 1.57. The van der Waals surface area contributed by atoms with Crippen LogP contribution in [0.25, 0.3) is 17.3 Å². The van der Waals surface area contributed by atoms with Crippen LogP contribution in [0.2, 0.25) is 10.0 Å². The first-order chi connectivity index (χ1) is 25.2. The lowest BCUT2D eigenvalue weighted by Crippen LogP contribution is -2.30. The van der Waals surface area contributed by atoms with Crippen molar-refractivity contribution in [3.63, 3.8) is 0 Å². The maximum atomic E-state index is 13.7. The number of amides is 3. The van der Waals surface area contributed by atoms with Crippen LogP contribution in [0.3, 0.4) is 0 Å². The molecule has 1 heterocycles. The maximum absolute atomic E-state index is 13.7. The minimum Gasteiger partial charge on any atom is -0.497 e. The van der Waals surface area contributed by atoms with Gasteiger partial charge in [-0.05, 0) is 77.9 Å². The molecule has 0 saturated carbocycles. The predicted molar refractivity (Wildman–Crippen MR) is 211 cm³/mol. The van der Waals surface area contributed by atoms with Crippen LogP contribution >= 0.6 is 46.3 Å². The van der Waals surface area contributed by atoms with Gasteiger partial charge < -0.3 is 20.7 Å². The van der Waals surface area contributed by atoms with Crippen LogP contribution in [0, 0.1) is 0 Å². The summed E-state index contributed by atoms with van der Waals surface area (Å²) in [4.78, 5) is 45.7. The van der Waals surface area contributed by atoms with E-state index in [1.807, 2.05) is 60.0 Å². The number of nitrogens with one attached hydrogen (secondary N) is 3. The molecule has 6 aromatic rings. The number of carbonyl (C=O) groups excluding carboxylic acids is 3. The van der Waals surface area contributed by atoms with E-state index in [1.54, 1.807) is 86.0 Å². The second-order valence-corrected chi connectivity index (χ2v) is 14.0. The molecule has 0 bridgehead atoms. The molecule has 0 spiro atoms. The molecule has 52 heavy (non-hydrogen) atoms. The highest BCUT2D eigenvalue weighted by Gasteiger charge is 2.24. The van der Waals surface area contributed by atoms with Gasteiger partial charge in [0.15, 0.2) is 5.13 Å². The molecule has 0 saturated heterocycles. The smallest absolute Gasteiger partial charge is 0.272 e. The number of thiazole rings is 1. The lowest BCUT2D eigenvalue weighted by atomic mass is 10.1. The minimum atomic E-state index is -0.605. The summed E-state index contributed by atoms with van der Waals surface area (Å²) in [5, 5.41) is 11.1. The van der Waals surface area contributed by atoms with Crippen LogP contribution < -0.4 is 20.7 Å². The fraction of sp³-hybridized carbons (Fsp3) is 0.0500. The molecular formula is C40H30Cl2N4O4S2. The molecule has 12 heteroatoms. The molecule has 260 valence electrons. The molecule has 0 aliphatic carbocycles. The van der Waals surface area contributed by atoms with Crippen LogP contribution in [0.5, 0.6) is 5.75 Å². The number of ether oxygens (including phenoxy) is 1. The summed E-state index contributed by atoms with van der Waals surface area (Å²) < 4.78 is 5.24. The molecule has 3 N–H and O–H groups in total. The van der Waals surface area contributed by atoms with E-state index < -0.39 is 17.1 Å². The van der Waals surface area contributed by atoms with E-state index in [9.17, 15) is 14.4 Å². The molecule has 5 aromatic carbocycles. The van der Waals surface area contributed by atoms with Crippen molar-refractivity contribution in [1.29, 1.82) is 0 Å². The summed E-state index contributed by atoms with van der Waals surface area (Å²) in [6.07, 6.45) is 1.60. The number of hydrogen-bond donors (Lipinski definition) is 3. The average Bonchev–Trinajstić information content (AvgIpc) is 3.64. The van der Waals surface area contributed by atoms with E-state index in [2.05, 4.69) is 20.9 Å². The Bertz CT molecular complexity index is 2210. The zero-order chi connectivity index (χ0) is 36.5. The molecule has 0 radical (unpaired) electrons. The molecule has 1 unspecified atom stereocenters. The van der Waals surface area contributed by atoms with Crippen molar-refractivity contribution in [3.05, 3.63) is 165 Å². The second kappa shape index (κ2) is 17.2. The molecule has 1 atom stereocenters. The number of carbonyl (C=O) groups is 3. The van der Waals surface area contributed by atoms with E-state index in [0.29, 0.717) is 43.4 Å². The third-order valence-corrected chi connectivity index (χ3v) is 10.4. The zero-order valence-electron chi connectivity index (χ0n) is 27.5. The summed E-state index contributed by atoms with van der Waals surface area (Å²) >= 11 is 14.9. The van der Waals surface area contributed by atoms with Crippen LogP contribution in [0.1, 0.15) is 26.7 Å². The Morgan fingerprint density at radius 1 is 0.808 bits per heavy atom. The average molecular weight is 766 g/mol. The first-order valence-electron chi connectivity index (χ1n) is 15.8. The fourth-order valence-corrected chi connectivity index (χ4v) is 7.00. The first kappa shape index (κ1) is 36.4. The van der Waals surface area contributed by atoms with Crippen molar-refractivity contribution in [2.24, 2.45) is 0 Å². The van der Waals surface area contributed by atoms with Crippen molar-refractivity contribution in [3.8, 4) is 17.0 Å².